The van der Waals surface area contributed by atoms with E-state index in [0.29, 0.717) is 0 Å². The van der Waals surface area contributed by atoms with E-state index < -0.39 is 5.41 Å². The molecule has 0 aromatic heterocycles. The molecule has 2 nitrogen and oxygen atoms in total. The molecule has 0 aliphatic heterocycles. The van der Waals surface area contributed by atoms with Crippen LogP contribution in [0.15, 0.2) is 315 Å². The molecule has 0 unspecified atom stereocenters. The molecule has 0 heterocycles. The largest absolute Gasteiger partial charge is 0.310 e. The smallest absolute Gasteiger partial charge is 0.0732 e. The summed E-state index contributed by atoms with van der Waals surface area (Å²) in [5.74, 6) is 0. The van der Waals surface area contributed by atoms with Gasteiger partial charge in [-0.1, -0.05) is 243 Å². The van der Waals surface area contributed by atoms with Gasteiger partial charge >= 0.3 is 0 Å². The average molecular weight is 1010 g/mol. The van der Waals surface area contributed by atoms with Crippen molar-refractivity contribution in [3.63, 3.8) is 0 Å². The van der Waals surface area contributed by atoms with Gasteiger partial charge in [0.25, 0.3) is 0 Å². The lowest BCUT2D eigenvalue weighted by atomic mass is 9.69. The lowest BCUT2D eigenvalue weighted by Crippen LogP contribution is -2.26. The molecule has 0 fully saturated rings. The maximum atomic E-state index is 2.52. The molecule has 0 N–H and O–H groups in total. The zero-order valence-electron chi connectivity index (χ0n) is 43.4. The van der Waals surface area contributed by atoms with Crippen molar-refractivity contribution in [3.8, 4) is 66.8 Å². The van der Waals surface area contributed by atoms with Crippen LogP contribution in [0.4, 0.5) is 34.1 Å². The van der Waals surface area contributed by atoms with Crippen molar-refractivity contribution < 1.29 is 0 Å². The number of anilines is 6. The molecule has 0 bridgehead atoms. The molecule has 79 heavy (non-hydrogen) atoms. The van der Waals surface area contributed by atoms with E-state index in [0.717, 1.165) is 50.8 Å². The van der Waals surface area contributed by atoms with Gasteiger partial charge in [-0.3, -0.25) is 0 Å². The molecular weight excluding hydrogens is 953 g/mol. The Morgan fingerprint density at radius 3 is 1.10 bits per heavy atom. The second kappa shape index (κ2) is 19.1. The summed E-state index contributed by atoms with van der Waals surface area (Å²) in [6.07, 6.45) is 0. The van der Waals surface area contributed by atoms with E-state index in [1.807, 2.05) is 0 Å². The number of rotatable bonds is 10. The van der Waals surface area contributed by atoms with E-state index in [1.54, 1.807) is 0 Å². The zero-order chi connectivity index (χ0) is 52.3. The van der Waals surface area contributed by atoms with Crippen LogP contribution >= 0.6 is 0 Å². The van der Waals surface area contributed by atoms with Gasteiger partial charge in [-0.25, -0.2) is 0 Å². The zero-order valence-corrected chi connectivity index (χ0v) is 43.4. The second-order valence-electron chi connectivity index (χ2n) is 20.7. The Morgan fingerprint density at radius 1 is 0.215 bits per heavy atom. The molecule has 15 rings (SSSR count). The molecule has 0 amide bonds. The van der Waals surface area contributed by atoms with E-state index in [4.69, 9.17) is 0 Å². The Morgan fingerprint density at radius 2 is 0.608 bits per heavy atom. The van der Waals surface area contributed by atoms with Crippen LogP contribution in [-0.2, 0) is 5.41 Å². The van der Waals surface area contributed by atoms with Gasteiger partial charge in [0.2, 0.25) is 0 Å². The highest BCUT2D eigenvalue weighted by Gasteiger charge is 2.52. The topological polar surface area (TPSA) is 6.48 Å². The van der Waals surface area contributed by atoms with Crippen molar-refractivity contribution in [2.24, 2.45) is 0 Å². The fourth-order valence-corrected chi connectivity index (χ4v) is 13.0. The predicted octanol–water partition coefficient (Wildman–Crippen LogP) is 20.8. The molecule has 370 valence electrons. The Labute approximate surface area is 462 Å². The number of fused-ring (bicyclic) bond motifs is 12. The lowest BCUT2D eigenvalue weighted by molar-refractivity contribution is 0.801. The Kier molecular flexibility index (Phi) is 11.1. The highest BCUT2D eigenvalue weighted by molar-refractivity contribution is 6.06. The van der Waals surface area contributed by atoms with Gasteiger partial charge in [0.05, 0.1) is 16.8 Å². The predicted molar refractivity (Wildman–Crippen MR) is 331 cm³/mol. The maximum absolute atomic E-state index is 2.52. The molecule has 0 saturated heterocycles. The third-order valence-electron chi connectivity index (χ3n) is 16.4. The third-order valence-corrected chi connectivity index (χ3v) is 16.4. The molecule has 0 atom stereocenters. The molecule has 2 aliphatic rings. The summed E-state index contributed by atoms with van der Waals surface area (Å²) in [4.78, 5) is 4.91. The van der Waals surface area contributed by atoms with Gasteiger partial charge in [0.1, 0.15) is 0 Å². The number of hydrogen-bond donors (Lipinski definition) is 0. The van der Waals surface area contributed by atoms with Crippen molar-refractivity contribution in [1.29, 1.82) is 0 Å². The van der Waals surface area contributed by atoms with Gasteiger partial charge in [0.15, 0.2) is 0 Å². The second-order valence-corrected chi connectivity index (χ2v) is 20.7. The fraction of sp³-hybridized carbons (Fsp3) is 0.0130. The summed E-state index contributed by atoms with van der Waals surface area (Å²) in [6, 6.07) is 116. The van der Waals surface area contributed by atoms with Crippen LogP contribution in [0.2, 0.25) is 0 Å². The summed E-state index contributed by atoms with van der Waals surface area (Å²) >= 11 is 0. The minimum Gasteiger partial charge on any atom is -0.310 e. The first kappa shape index (κ1) is 46.1. The highest BCUT2D eigenvalue weighted by atomic mass is 15.2. The Bertz CT molecular complexity index is 4360. The number of hydrogen-bond acceptors (Lipinski definition) is 2. The first-order valence-electron chi connectivity index (χ1n) is 27.3. The fourth-order valence-electron chi connectivity index (χ4n) is 13.0. The van der Waals surface area contributed by atoms with Gasteiger partial charge in [-0.15, -0.1) is 0 Å². The van der Waals surface area contributed by atoms with Crippen LogP contribution in [-0.4, -0.2) is 0 Å². The molecule has 2 aliphatic carbocycles. The molecule has 0 radical (unpaired) electrons. The van der Waals surface area contributed by atoms with Gasteiger partial charge in [-0.2, -0.15) is 0 Å². The van der Waals surface area contributed by atoms with E-state index in [9.17, 15) is 0 Å². The lowest BCUT2D eigenvalue weighted by Gasteiger charge is -2.33. The SMILES string of the molecule is c1ccc(-c2ccc(N(c3ccccc3)c3ccc4c(c3)C3(c5ccccc5-c5ccccc53)c3c-4ccc4cc(N(c5ccccc5)c5ccc(-c6ccccc6)cc5-c5ccccc5)ccc34)c(-c3ccccc3)c2)cc1. The summed E-state index contributed by atoms with van der Waals surface area (Å²) in [5.41, 5.74) is 25.7. The summed E-state index contributed by atoms with van der Waals surface area (Å²) in [6.45, 7) is 0. The first-order chi connectivity index (χ1) is 39.2. The van der Waals surface area contributed by atoms with Crippen molar-refractivity contribution >= 4 is 44.9 Å². The van der Waals surface area contributed by atoms with Crippen LogP contribution < -0.4 is 9.80 Å². The molecule has 13 aromatic carbocycles. The van der Waals surface area contributed by atoms with E-state index in [-0.39, 0.29) is 0 Å². The van der Waals surface area contributed by atoms with Crippen LogP contribution in [0.5, 0.6) is 0 Å². The molecule has 0 saturated carbocycles. The summed E-state index contributed by atoms with van der Waals surface area (Å²) in [7, 11) is 0. The Balaban J connectivity index is 0.951. The van der Waals surface area contributed by atoms with Gasteiger partial charge < -0.3 is 9.80 Å². The minimum atomic E-state index is -0.621. The average Bonchev–Trinajstić information content (AvgIpc) is 4.22. The molecule has 13 aromatic rings. The Hall–Kier alpha value is -10.3. The quantitative estimate of drug-likeness (QED) is 0.135. The molecule has 2 heteroatoms. The summed E-state index contributed by atoms with van der Waals surface area (Å²) < 4.78 is 0. The molecule has 1 spiro atoms. The van der Waals surface area contributed by atoms with Crippen molar-refractivity contribution in [1.82, 2.24) is 0 Å². The van der Waals surface area contributed by atoms with Crippen LogP contribution in [0.1, 0.15) is 22.3 Å². The standard InChI is InChI=1S/C77H52N2/c1-7-23-53(24-8-1)57-40-47-74(69(50-57)55-27-11-3-12-28-55)78(60-31-15-5-16-32-60)62-42-45-64-59(49-62)39-44-68-67-46-43-63(52-73(67)77(76(64)68)71-37-21-19-35-65(71)66-36-20-22-38-72(66)77)79(61-33-17-6-18-34-61)75-48-41-58(54-25-9-2-10-26-54)51-70(75)56-29-13-4-14-30-56/h1-52H. The van der Waals surface area contributed by atoms with Crippen molar-refractivity contribution in [3.05, 3.63) is 338 Å². The first-order valence-corrected chi connectivity index (χ1v) is 27.3. The monoisotopic (exact) mass is 1000 g/mol. The van der Waals surface area contributed by atoms with Crippen LogP contribution in [0.3, 0.4) is 0 Å². The van der Waals surface area contributed by atoms with E-state index >= 15 is 0 Å². The maximum Gasteiger partial charge on any atom is 0.0732 e. The number of para-hydroxylation sites is 2. The number of nitrogens with zero attached hydrogens (tertiary/aromatic N) is 2. The third kappa shape index (κ3) is 7.56. The van der Waals surface area contributed by atoms with Crippen LogP contribution in [0, 0.1) is 0 Å². The van der Waals surface area contributed by atoms with Gasteiger partial charge in [0, 0.05) is 33.9 Å². The van der Waals surface area contributed by atoms with Crippen LogP contribution in [0.25, 0.3) is 77.5 Å². The minimum absolute atomic E-state index is 0.621. The van der Waals surface area contributed by atoms with E-state index in [2.05, 4.69) is 325 Å². The van der Waals surface area contributed by atoms with E-state index in [1.165, 1.54) is 83.1 Å². The normalized spacial score (nSPS) is 12.4. The van der Waals surface area contributed by atoms with Gasteiger partial charge in [-0.05, 0) is 161 Å². The highest BCUT2D eigenvalue weighted by Crippen LogP contribution is 2.65. The molecular formula is C77H52N2. The van der Waals surface area contributed by atoms with Crippen molar-refractivity contribution in [2.75, 3.05) is 9.80 Å². The van der Waals surface area contributed by atoms with Crippen molar-refractivity contribution in [2.45, 2.75) is 5.41 Å². The number of benzene rings is 13. The summed E-state index contributed by atoms with van der Waals surface area (Å²) in [5, 5.41) is 2.43.